The summed E-state index contributed by atoms with van der Waals surface area (Å²) in [6.45, 7) is 5.62. The topological polar surface area (TPSA) is 77.1 Å². The second-order valence-corrected chi connectivity index (χ2v) is 7.90. The molecular formula is C25H32N2O5. The van der Waals surface area contributed by atoms with Crippen molar-refractivity contribution >= 4 is 11.8 Å². The van der Waals surface area contributed by atoms with Gasteiger partial charge in [0.25, 0.3) is 5.91 Å². The molecule has 3 rings (SSSR count). The molecule has 0 saturated carbocycles. The molecule has 32 heavy (non-hydrogen) atoms. The second kappa shape index (κ2) is 10.9. The number of carbonyl (C=O) groups is 2. The Kier molecular flexibility index (Phi) is 7.98. The van der Waals surface area contributed by atoms with Crippen LogP contribution in [0.25, 0.3) is 0 Å². The van der Waals surface area contributed by atoms with E-state index >= 15 is 0 Å². The predicted octanol–water partition coefficient (Wildman–Crippen LogP) is 3.83. The average Bonchev–Trinajstić information content (AvgIpc) is 2.83. The predicted molar refractivity (Wildman–Crippen MR) is 122 cm³/mol. The number of likely N-dealkylation sites (tertiary alicyclic amines) is 1. The molecule has 7 nitrogen and oxygen atoms in total. The standard InChI is InChI=1S/C25H32N2O5/c1-5-32-21-8-6-18(7-9-21)17(2)26-24(28)19-10-12-27(13-11-19)25(29)20-14-22(30-3)16-23(15-20)31-4/h6-9,14-17,19H,5,10-13H2,1-4H3,(H,26,28). The van der Waals surface area contributed by atoms with Gasteiger partial charge in [-0.3, -0.25) is 9.59 Å². The molecule has 0 aliphatic carbocycles. The smallest absolute Gasteiger partial charge is 0.254 e. The molecule has 1 N–H and O–H groups in total. The van der Waals surface area contributed by atoms with E-state index in [0.717, 1.165) is 11.3 Å². The van der Waals surface area contributed by atoms with E-state index in [0.29, 0.717) is 49.6 Å². The van der Waals surface area contributed by atoms with Crippen LogP contribution in [-0.2, 0) is 4.79 Å². The first-order chi connectivity index (χ1) is 15.4. The summed E-state index contributed by atoms with van der Waals surface area (Å²) in [6, 6.07) is 12.8. The van der Waals surface area contributed by atoms with E-state index < -0.39 is 0 Å². The fraction of sp³-hybridized carbons (Fsp3) is 0.440. The number of amides is 2. The number of nitrogens with one attached hydrogen (secondary N) is 1. The third-order valence-corrected chi connectivity index (χ3v) is 5.80. The Morgan fingerprint density at radius 3 is 2.12 bits per heavy atom. The van der Waals surface area contributed by atoms with Crippen LogP contribution in [0, 0.1) is 5.92 Å². The van der Waals surface area contributed by atoms with Crippen molar-refractivity contribution < 1.29 is 23.8 Å². The first-order valence-corrected chi connectivity index (χ1v) is 11.0. The number of rotatable bonds is 8. The zero-order chi connectivity index (χ0) is 23.1. The van der Waals surface area contributed by atoms with Crippen molar-refractivity contribution in [1.82, 2.24) is 10.2 Å². The summed E-state index contributed by atoms with van der Waals surface area (Å²) >= 11 is 0. The molecule has 0 aromatic heterocycles. The number of ether oxygens (including phenoxy) is 3. The van der Waals surface area contributed by atoms with Crippen molar-refractivity contribution in [3.05, 3.63) is 53.6 Å². The molecule has 0 bridgehead atoms. The van der Waals surface area contributed by atoms with Crippen molar-refractivity contribution in [1.29, 1.82) is 0 Å². The highest BCUT2D eigenvalue weighted by Crippen LogP contribution is 2.26. The summed E-state index contributed by atoms with van der Waals surface area (Å²) in [4.78, 5) is 27.5. The van der Waals surface area contributed by atoms with Crippen LogP contribution in [0.2, 0.25) is 0 Å². The molecule has 172 valence electrons. The molecule has 1 fully saturated rings. The van der Waals surface area contributed by atoms with E-state index in [1.165, 1.54) is 0 Å². The zero-order valence-electron chi connectivity index (χ0n) is 19.2. The molecule has 1 heterocycles. The van der Waals surface area contributed by atoms with E-state index in [1.54, 1.807) is 37.3 Å². The molecule has 1 unspecified atom stereocenters. The molecule has 1 aliphatic rings. The summed E-state index contributed by atoms with van der Waals surface area (Å²) in [7, 11) is 3.11. The quantitative estimate of drug-likeness (QED) is 0.675. The Morgan fingerprint density at radius 2 is 1.59 bits per heavy atom. The van der Waals surface area contributed by atoms with E-state index in [4.69, 9.17) is 14.2 Å². The zero-order valence-corrected chi connectivity index (χ0v) is 19.2. The van der Waals surface area contributed by atoms with Gasteiger partial charge in [-0.05, 0) is 56.5 Å². The molecule has 2 aromatic rings. The number of piperidine rings is 1. The van der Waals surface area contributed by atoms with Gasteiger partial charge in [-0.25, -0.2) is 0 Å². The monoisotopic (exact) mass is 440 g/mol. The second-order valence-electron chi connectivity index (χ2n) is 7.90. The van der Waals surface area contributed by atoms with E-state index in [-0.39, 0.29) is 23.8 Å². The highest BCUT2D eigenvalue weighted by atomic mass is 16.5. The number of hydrogen-bond donors (Lipinski definition) is 1. The van der Waals surface area contributed by atoms with Gasteiger partial charge in [-0.1, -0.05) is 12.1 Å². The first kappa shape index (κ1) is 23.4. The minimum atomic E-state index is -0.107. The number of carbonyl (C=O) groups excluding carboxylic acids is 2. The maximum absolute atomic E-state index is 13.0. The fourth-order valence-corrected chi connectivity index (χ4v) is 3.89. The minimum absolute atomic E-state index is 0.0292. The van der Waals surface area contributed by atoms with Crippen molar-refractivity contribution in [3.8, 4) is 17.2 Å². The van der Waals surface area contributed by atoms with E-state index in [9.17, 15) is 9.59 Å². The van der Waals surface area contributed by atoms with Crippen LogP contribution in [-0.4, -0.2) is 50.6 Å². The minimum Gasteiger partial charge on any atom is -0.497 e. The van der Waals surface area contributed by atoms with Gasteiger partial charge in [0.05, 0.1) is 26.9 Å². The first-order valence-electron chi connectivity index (χ1n) is 11.0. The van der Waals surface area contributed by atoms with Crippen LogP contribution in [0.15, 0.2) is 42.5 Å². The molecule has 7 heteroatoms. The molecule has 2 amide bonds. The van der Waals surface area contributed by atoms with E-state index in [1.807, 2.05) is 38.1 Å². The molecule has 0 spiro atoms. The van der Waals surface area contributed by atoms with Gasteiger partial charge in [-0.2, -0.15) is 0 Å². The SMILES string of the molecule is CCOc1ccc(C(C)NC(=O)C2CCN(C(=O)c3cc(OC)cc(OC)c3)CC2)cc1. The number of benzene rings is 2. The van der Waals surface area contributed by atoms with Gasteiger partial charge < -0.3 is 24.4 Å². The van der Waals surface area contributed by atoms with Crippen LogP contribution in [0.1, 0.15) is 48.7 Å². The van der Waals surface area contributed by atoms with Gasteiger partial charge in [0, 0.05) is 30.6 Å². The van der Waals surface area contributed by atoms with Crippen LogP contribution in [0.4, 0.5) is 0 Å². The highest BCUT2D eigenvalue weighted by Gasteiger charge is 2.29. The van der Waals surface area contributed by atoms with Gasteiger partial charge in [0.15, 0.2) is 0 Å². The molecule has 1 atom stereocenters. The number of hydrogen-bond acceptors (Lipinski definition) is 5. The van der Waals surface area contributed by atoms with Gasteiger partial charge in [0.1, 0.15) is 17.2 Å². The average molecular weight is 441 g/mol. The number of methoxy groups -OCH3 is 2. The lowest BCUT2D eigenvalue weighted by Crippen LogP contribution is -2.43. The van der Waals surface area contributed by atoms with E-state index in [2.05, 4.69) is 5.32 Å². The van der Waals surface area contributed by atoms with Crippen molar-refractivity contribution in [2.24, 2.45) is 5.92 Å². The highest BCUT2D eigenvalue weighted by molar-refractivity contribution is 5.95. The summed E-state index contributed by atoms with van der Waals surface area (Å²) in [5.74, 6) is 1.81. The Morgan fingerprint density at radius 1 is 1.00 bits per heavy atom. The summed E-state index contributed by atoms with van der Waals surface area (Å²) < 4.78 is 16.0. The third-order valence-electron chi connectivity index (χ3n) is 5.80. The molecule has 1 aliphatic heterocycles. The Balaban J connectivity index is 1.54. The largest absolute Gasteiger partial charge is 0.497 e. The van der Waals surface area contributed by atoms with Crippen LogP contribution in [0.3, 0.4) is 0 Å². The molecule has 2 aromatic carbocycles. The third kappa shape index (κ3) is 5.72. The van der Waals surface area contributed by atoms with Crippen LogP contribution < -0.4 is 19.5 Å². The Bertz CT molecular complexity index is 898. The lowest BCUT2D eigenvalue weighted by molar-refractivity contribution is -0.126. The molecular weight excluding hydrogens is 408 g/mol. The normalized spacial score (nSPS) is 15.1. The Labute approximate surface area is 189 Å². The Hall–Kier alpha value is -3.22. The van der Waals surface area contributed by atoms with Crippen LogP contribution in [0.5, 0.6) is 17.2 Å². The molecule has 0 radical (unpaired) electrons. The number of nitrogens with zero attached hydrogens (tertiary/aromatic N) is 1. The summed E-state index contributed by atoms with van der Waals surface area (Å²) in [6.07, 6.45) is 1.27. The lowest BCUT2D eigenvalue weighted by Gasteiger charge is -2.32. The van der Waals surface area contributed by atoms with Crippen molar-refractivity contribution in [2.75, 3.05) is 33.9 Å². The van der Waals surface area contributed by atoms with Gasteiger partial charge in [0.2, 0.25) is 5.91 Å². The molecule has 1 saturated heterocycles. The summed E-state index contributed by atoms with van der Waals surface area (Å²) in [5.41, 5.74) is 1.55. The van der Waals surface area contributed by atoms with Crippen molar-refractivity contribution in [2.45, 2.75) is 32.7 Å². The lowest BCUT2D eigenvalue weighted by atomic mass is 9.94. The van der Waals surface area contributed by atoms with Crippen LogP contribution >= 0.6 is 0 Å². The van der Waals surface area contributed by atoms with Gasteiger partial charge >= 0.3 is 0 Å². The summed E-state index contributed by atoms with van der Waals surface area (Å²) in [5, 5.41) is 3.11. The van der Waals surface area contributed by atoms with Crippen molar-refractivity contribution in [3.63, 3.8) is 0 Å². The maximum atomic E-state index is 13.0. The van der Waals surface area contributed by atoms with Gasteiger partial charge in [-0.15, -0.1) is 0 Å². The fourth-order valence-electron chi connectivity index (χ4n) is 3.89. The maximum Gasteiger partial charge on any atom is 0.254 e.